The van der Waals surface area contributed by atoms with Crippen LogP contribution in [-0.4, -0.2) is 72.6 Å². The van der Waals surface area contributed by atoms with Gasteiger partial charge in [-0.3, -0.25) is 9.59 Å². The number of carbonyl (C=O) groups excluding carboxylic acids is 2. The molecule has 1 saturated carbocycles. The van der Waals surface area contributed by atoms with Crippen LogP contribution in [0.2, 0.25) is 0 Å². The van der Waals surface area contributed by atoms with Crippen molar-refractivity contribution in [3.8, 4) is 0 Å². The van der Waals surface area contributed by atoms with Crippen molar-refractivity contribution in [2.45, 2.75) is 70.7 Å². The third-order valence-corrected chi connectivity index (χ3v) is 7.51. The summed E-state index contributed by atoms with van der Waals surface area (Å²) in [5.41, 5.74) is 2.06. The standard InChI is InChI=1S/C29H44O7S/c1-3-4-13-35-14-15-36-29(33)9-6-16-37-17-12-26-25(27(31)20-28(26)32)11-10-24(30)19-22-7-5-8-23(18-22)21-34-2/h5,7-8,10-11,18,24-27,30-31H,3-4,6,9,12-17,19-21H2,1-2H3/b11-10+/t24-,25+,26-,27-/m1/s1. The number of unbranched alkanes of at least 4 members (excludes halogenated alkanes) is 1. The molecule has 1 aromatic rings. The molecule has 0 spiro atoms. The zero-order valence-electron chi connectivity index (χ0n) is 22.3. The van der Waals surface area contributed by atoms with Gasteiger partial charge < -0.3 is 24.4 Å². The van der Waals surface area contributed by atoms with Gasteiger partial charge in [0, 0.05) is 44.8 Å². The molecule has 0 saturated heterocycles. The van der Waals surface area contributed by atoms with Gasteiger partial charge in [0.05, 0.1) is 25.4 Å². The Morgan fingerprint density at radius 2 is 2.00 bits per heavy atom. The fourth-order valence-electron chi connectivity index (χ4n) is 4.44. The van der Waals surface area contributed by atoms with Crippen LogP contribution >= 0.6 is 11.8 Å². The van der Waals surface area contributed by atoms with E-state index in [2.05, 4.69) is 6.92 Å². The van der Waals surface area contributed by atoms with E-state index in [9.17, 15) is 19.8 Å². The molecule has 0 unspecified atom stereocenters. The SMILES string of the molecule is CCCCOCCOC(=O)CCCSCC[C@H]1C(=O)C[C@@H](O)[C@H]1/C=C/[C@@H](O)Cc1cccc(COC)c1. The molecule has 37 heavy (non-hydrogen) atoms. The maximum atomic E-state index is 12.5. The number of ketones is 1. The number of rotatable bonds is 19. The lowest BCUT2D eigenvalue weighted by Crippen LogP contribution is -2.20. The number of carbonyl (C=O) groups is 2. The predicted octanol–water partition coefficient (Wildman–Crippen LogP) is 4.12. The molecule has 7 nitrogen and oxygen atoms in total. The van der Waals surface area contributed by atoms with E-state index in [1.54, 1.807) is 24.9 Å². The highest BCUT2D eigenvalue weighted by molar-refractivity contribution is 7.99. The van der Waals surface area contributed by atoms with Crippen molar-refractivity contribution in [1.29, 1.82) is 0 Å². The average molecular weight is 537 g/mol. The minimum absolute atomic E-state index is 0.0780. The molecular formula is C29H44O7S. The lowest BCUT2D eigenvalue weighted by atomic mass is 9.91. The number of thioether (sulfide) groups is 1. The van der Waals surface area contributed by atoms with Crippen molar-refractivity contribution < 1.29 is 34.0 Å². The predicted molar refractivity (Wildman–Crippen MR) is 146 cm³/mol. The first-order chi connectivity index (χ1) is 17.9. The first-order valence-corrected chi connectivity index (χ1v) is 14.5. The van der Waals surface area contributed by atoms with Gasteiger partial charge >= 0.3 is 5.97 Å². The molecule has 0 bridgehead atoms. The Morgan fingerprint density at radius 1 is 1.19 bits per heavy atom. The molecular weight excluding hydrogens is 492 g/mol. The normalized spacial score (nSPS) is 20.5. The van der Waals surface area contributed by atoms with Crippen LogP contribution in [0.5, 0.6) is 0 Å². The molecule has 4 atom stereocenters. The van der Waals surface area contributed by atoms with Gasteiger partial charge in [-0.25, -0.2) is 0 Å². The number of esters is 1. The second-order valence-electron chi connectivity index (χ2n) is 9.52. The van der Waals surface area contributed by atoms with Crippen molar-refractivity contribution in [2.24, 2.45) is 11.8 Å². The Balaban J connectivity index is 1.67. The van der Waals surface area contributed by atoms with Crippen LogP contribution < -0.4 is 0 Å². The highest BCUT2D eigenvalue weighted by atomic mass is 32.2. The minimum atomic E-state index is -0.711. The van der Waals surface area contributed by atoms with Gasteiger partial charge in [-0.05, 0) is 41.9 Å². The lowest BCUT2D eigenvalue weighted by molar-refractivity contribution is -0.145. The number of hydrogen-bond acceptors (Lipinski definition) is 8. The van der Waals surface area contributed by atoms with E-state index < -0.39 is 12.2 Å². The van der Waals surface area contributed by atoms with Crippen molar-refractivity contribution in [2.75, 3.05) is 38.4 Å². The van der Waals surface area contributed by atoms with Crippen molar-refractivity contribution in [3.63, 3.8) is 0 Å². The van der Waals surface area contributed by atoms with E-state index in [4.69, 9.17) is 14.2 Å². The van der Waals surface area contributed by atoms with E-state index in [1.807, 2.05) is 30.3 Å². The number of hydrogen-bond donors (Lipinski definition) is 2. The van der Waals surface area contributed by atoms with Crippen molar-refractivity contribution in [3.05, 3.63) is 47.5 Å². The van der Waals surface area contributed by atoms with E-state index in [0.717, 1.165) is 41.9 Å². The van der Waals surface area contributed by atoms with Gasteiger partial charge in [0.1, 0.15) is 12.4 Å². The zero-order valence-corrected chi connectivity index (χ0v) is 23.1. The Hall–Kier alpha value is -1.71. The molecule has 0 heterocycles. The van der Waals surface area contributed by atoms with Gasteiger partial charge in [-0.2, -0.15) is 11.8 Å². The summed E-state index contributed by atoms with van der Waals surface area (Å²) in [5.74, 6) is 0.943. The largest absolute Gasteiger partial charge is 0.463 e. The second-order valence-corrected chi connectivity index (χ2v) is 10.7. The number of aliphatic hydroxyl groups excluding tert-OH is 2. The Kier molecular flexibility index (Phi) is 15.8. The maximum absolute atomic E-state index is 12.5. The molecule has 208 valence electrons. The topological polar surface area (TPSA) is 102 Å². The molecule has 0 radical (unpaired) electrons. The van der Waals surface area contributed by atoms with Crippen molar-refractivity contribution in [1.82, 2.24) is 0 Å². The third-order valence-electron chi connectivity index (χ3n) is 6.41. The Morgan fingerprint density at radius 3 is 2.78 bits per heavy atom. The summed E-state index contributed by atoms with van der Waals surface area (Å²) in [5, 5.41) is 20.9. The molecule has 8 heteroatoms. The first-order valence-electron chi connectivity index (χ1n) is 13.4. The van der Waals surface area contributed by atoms with Gasteiger partial charge in [-0.15, -0.1) is 0 Å². The summed E-state index contributed by atoms with van der Waals surface area (Å²) in [4.78, 5) is 24.3. The Labute approximate surface area is 226 Å². The molecule has 1 aliphatic carbocycles. The lowest BCUT2D eigenvalue weighted by Gasteiger charge is -2.18. The van der Waals surface area contributed by atoms with Crippen LogP contribution in [0.3, 0.4) is 0 Å². The number of methoxy groups -OCH3 is 1. The maximum Gasteiger partial charge on any atom is 0.305 e. The van der Waals surface area contributed by atoms with E-state index in [-0.39, 0.29) is 30.0 Å². The summed E-state index contributed by atoms with van der Waals surface area (Å²) in [7, 11) is 1.65. The monoisotopic (exact) mass is 536 g/mol. The van der Waals surface area contributed by atoms with Gasteiger partial charge in [-0.1, -0.05) is 49.8 Å². The van der Waals surface area contributed by atoms with Crippen LogP contribution in [0.15, 0.2) is 36.4 Å². The van der Waals surface area contributed by atoms with Gasteiger partial charge in [0.2, 0.25) is 0 Å². The Bertz CT molecular complexity index is 828. The summed E-state index contributed by atoms with van der Waals surface area (Å²) < 4.78 is 15.7. The number of ether oxygens (including phenoxy) is 3. The molecule has 2 N–H and O–H groups in total. The smallest absolute Gasteiger partial charge is 0.305 e. The van der Waals surface area contributed by atoms with Crippen LogP contribution in [0, 0.1) is 11.8 Å². The molecule has 0 aliphatic heterocycles. The van der Waals surface area contributed by atoms with Crippen LogP contribution in [0.25, 0.3) is 0 Å². The summed E-state index contributed by atoms with van der Waals surface area (Å²) in [6.07, 6.45) is 6.60. The summed E-state index contributed by atoms with van der Waals surface area (Å²) >= 11 is 1.71. The average Bonchev–Trinajstić information content (AvgIpc) is 3.14. The molecule has 2 rings (SSSR count). The summed E-state index contributed by atoms with van der Waals surface area (Å²) in [6.45, 7) is 4.06. The fourth-order valence-corrected chi connectivity index (χ4v) is 5.41. The first kappa shape index (κ1) is 31.5. The minimum Gasteiger partial charge on any atom is -0.463 e. The van der Waals surface area contributed by atoms with Gasteiger partial charge in [0.25, 0.3) is 0 Å². The van der Waals surface area contributed by atoms with E-state index in [0.29, 0.717) is 45.7 Å². The molecule has 0 amide bonds. The quantitative estimate of drug-likeness (QED) is 0.155. The number of Topliss-reactive ketones (excluding diaryl/α,β-unsaturated/α-hetero) is 1. The molecule has 1 fully saturated rings. The van der Waals surface area contributed by atoms with Crippen LogP contribution in [-0.2, 0) is 36.8 Å². The summed E-state index contributed by atoms with van der Waals surface area (Å²) in [6, 6.07) is 7.90. The van der Waals surface area contributed by atoms with Crippen LogP contribution in [0.4, 0.5) is 0 Å². The molecule has 1 aliphatic rings. The molecule has 1 aromatic carbocycles. The van der Waals surface area contributed by atoms with Crippen LogP contribution in [0.1, 0.15) is 56.6 Å². The highest BCUT2D eigenvalue weighted by Gasteiger charge is 2.39. The van der Waals surface area contributed by atoms with Gasteiger partial charge in [0.15, 0.2) is 0 Å². The highest BCUT2D eigenvalue weighted by Crippen LogP contribution is 2.34. The van der Waals surface area contributed by atoms with E-state index >= 15 is 0 Å². The molecule has 0 aromatic heterocycles. The fraction of sp³-hybridized carbons (Fsp3) is 0.655. The van der Waals surface area contributed by atoms with E-state index in [1.165, 1.54) is 0 Å². The van der Waals surface area contributed by atoms with Crippen molar-refractivity contribution >= 4 is 23.5 Å². The third kappa shape index (κ3) is 12.6. The zero-order chi connectivity index (χ0) is 26.9. The number of benzene rings is 1. The second kappa shape index (κ2) is 18.5. The number of aliphatic hydroxyl groups is 2.